The van der Waals surface area contributed by atoms with Crippen molar-refractivity contribution in [2.24, 2.45) is 0 Å². The highest BCUT2D eigenvalue weighted by Crippen LogP contribution is 2.25. The molecule has 1 N–H and O–H groups in total. The average molecular weight is 356 g/mol. The second-order valence-corrected chi connectivity index (χ2v) is 6.14. The number of nitrogens with zero attached hydrogens (tertiary/aromatic N) is 2. The van der Waals surface area contributed by atoms with Gasteiger partial charge in [0.2, 0.25) is 0 Å². The van der Waals surface area contributed by atoms with Crippen LogP contribution in [0.2, 0.25) is 5.02 Å². The van der Waals surface area contributed by atoms with Crippen molar-refractivity contribution in [1.82, 2.24) is 9.97 Å². The van der Waals surface area contributed by atoms with E-state index in [0.29, 0.717) is 21.9 Å². The Labute approximate surface area is 151 Å². The largest absolute Gasteiger partial charge is 0.461 e. The van der Waals surface area contributed by atoms with E-state index in [2.05, 4.69) is 15.3 Å². The van der Waals surface area contributed by atoms with Crippen molar-refractivity contribution in [2.75, 3.05) is 11.9 Å². The molecule has 0 radical (unpaired) electrons. The zero-order valence-corrected chi connectivity index (χ0v) is 15.0. The molecule has 1 aromatic heterocycles. The van der Waals surface area contributed by atoms with Crippen molar-refractivity contribution < 1.29 is 9.53 Å². The molecular weight excluding hydrogens is 338 g/mol. The summed E-state index contributed by atoms with van der Waals surface area (Å²) < 4.78 is 5.13. The van der Waals surface area contributed by atoms with Crippen molar-refractivity contribution in [3.05, 3.63) is 58.2 Å². The number of aromatic nitrogens is 2. The molecule has 0 saturated heterocycles. The summed E-state index contributed by atoms with van der Waals surface area (Å²) in [6.45, 7) is 6.03. The SMILES string of the molecule is CCOC(=O)c1nc2cc(C)c(C)cc2nc1Nc1cccc(Cl)c1. The lowest BCUT2D eigenvalue weighted by molar-refractivity contribution is 0.0521. The van der Waals surface area contributed by atoms with E-state index >= 15 is 0 Å². The van der Waals surface area contributed by atoms with Gasteiger partial charge < -0.3 is 10.1 Å². The third-order valence-electron chi connectivity index (χ3n) is 3.84. The first-order valence-corrected chi connectivity index (χ1v) is 8.34. The molecule has 0 aliphatic heterocycles. The molecule has 128 valence electrons. The molecule has 0 aliphatic rings. The Kier molecular flexibility index (Phi) is 4.86. The standard InChI is InChI=1S/C19H18ClN3O2/c1-4-25-19(24)17-18(21-14-7-5-6-13(20)10-14)23-16-9-12(3)11(2)8-15(16)22-17/h5-10H,4H2,1-3H3,(H,21,23). The van der Waals surface area contributed by atoms with Crippen LogP contribution in [0.5, 0.6) is 0 Å². The van der Waals surface area contributed by atoms with Crippen molar-refractivity contribution in [3.63, 3.8) is 0 Å². The smallest absolute Gasteiger partial charge is 0.360 e. The highest BCUT2D eigenvalue weighted by molar-refractivity contribution is 6.30. The number of carbonyl (C=O) groups is 1. The normalized spacial score (nSPS) is 10.7. The molecule has 0 amide bonds. The number of nitrogens with one attached hydrogen (secondary N) is 1. The third-order valence-corrected chi connectivity index (χ3v) is 4.07. The minimum Gasteiger partial charge on any atom is -0.461 e. The molecule has 0 saturated carbocycles. The number of anilines is 2. The van der Waals surface area contributed by atoms with Crippen LogP contribution in [0.25, 0.3) is 11.0 Å². The van der Waals surface area contributed by atoms with E-state index in [1.807, 2.05) is 38.1 Å². The van der Waals surface area contributed by atoms with Gasteiger partial charge >= 0.3 is 5.97 Å². The van der Waals surface area contributed by atoms with Gasteiger partial charge in [0.05, 0.1) is 17.6 Å². The molecule has 3 rings (SSSR count). The first-order valence-electron chi connectivity index (χ1n) is 7.96. The molecule has 25 heavy (non-hydrogen) atoms. The van der Waals surface area contributed by atoms with Gasteiger partial charge in [0, 0.05) is 10.7 Å². The fourth-order valence-corrected chi connectivity index (χ4v) is 2.63. The van der Waals surface area contributed by atoms with E-state index in [4.69, 9.17) is 16.3 Å². The van der Waals surface area contributed by atoms with E-state index in [9.17, 15) is 4.79 Å². The summed E-state index contributed by atoms with van der Waals surface area (Å²) in [6.07, 6.45) is 0. The van der Waals surface area contributed by atoms with Gasteiger partial charge in [-0.2, -0.15) is 0 Å². The topological polar surface area (TPSA) is 64.1 Å². The van der Waals surface area contributed by atoms with Crippen LogP contribution >= 0.6 is 11.6 Å². The van der Waals surface area contributed by atoms with E-state index in [-0.39, 0.29) is 12.3 Å². The van der Waals surface area contributed by atoms with Crippen LogP contribution in [0.1, 0.15) is 28.5 Å². The van der Waals surface area contributed by atoms with Crippen LogP contribution in [0.3, 0.4) is 0 Å². The van der Waals surface area contributed by atoms with Crippen LogP contribution < -0.4 is 5.32 Å². The van der Waals surface area contributed by atoms with Crippen LogP contribution in [-0.2, 0) is 4.74 Å². The Bertz CT molecular complexity index is 957. The molecule has 5 nitrogen and oxygen atoms in total. The summed E-state index contributed by atoms with van der Waals surface area (Å²) in [5.41, 5.74) is 4.43. The lowest BCUT2D eigenvalue weighted by Gasteiger charge is -2.12. The molecule has 1 heterocycles. The monoisotopic (exact) mass is 355 g/mol. The lowest BCUT2D eigenvalue weighted by Crippen LogP contribution is -2.12. The predicted molar refractivity (Wildman–Crippen MR) is 99.7 cm³/mol. The Morgan fingerprint density at radius 1 is 1.12 bits per heavy atom. The molecule has 3 aromatic rings. The fraction of sp³-hybridized carbons (Fsp3) is 0.211. The molecule has 0 aliphatic carbocycles. The molecule has 6 heteroatoms. The molecule has 0 unspecified atom stereocenters. The summed E-state index contributed by atoms with van der Waals surface area (Å²) in [4.78, 5) is 21.4. The number of hydrogen-bond donors (Lipinski definition) is 1. The van der Waals surface area contributed by atoms with E-state index < -0.39 is 5.97 Å². The van der Waals surface area contributed by atoms with E-state index in [1.54, 1.807) is 19.1 Å². The third kappa shape index (κ3) is 3.72. The fourth-order valence-electron chi connectivity index (χ4n) is 2.44. The number of benzene rings is 2. The Balaban J connectivity index is 2.14. The van der Waals surface area contributed by atoms with Gasteiger partial charge in [0.25, 0.3) is 0 Å². The summed E-state index contributed by atoms with van der Waals surface area (Å²) >= 11 is 6.03. The number of carbonyl (C=O) groups excluding carboxylic acids is 1. The number of esters is 1. The molecular formula is C19H18ClN3O2. The maximum Gasteiger partial charge on any atom is 0.360 e. The van der Waals surface area contributed by atoms with Crippen molar-refractivity contribution in [3.8, 4) is 0 Å². The minimum absolute atomic E-state index is 0.151. The average Bonchev–Trinajstić information content (AvgIpc) is 2.56. The van der Waals surface area contributed by atoms with Crippen LogP contribution in [0, 0.1) is 13.8 Å². The number of ether oxygens (including phenoxy) is 1. The summed E-state index contributed by atoms with van der Waals surface area (Å²) in [5.74, 6) is -0.170. The number of rotatable bonds is 4. The first-order chi connectivity index (χ1) is 12.0. The van der Waals surface area contributed by atoms with Gasteiger partial charge in [0.1, 0.15) is 0 Å². The highest BCUT2D eigenvalue weighted by Gasteiger charge is 2.18. The highest BCUT2D eigenvalue weighted by atomic mass is 35.5. The van der Waals surface area contributed by atoms with Gasteiger partial charge in [-0.25, -0.2) is 14.8 Å². The van der Waals surface area contributed by atoms with Crippen LogP contribution in [-0.4, -0.2) is 22.5 Å². The van der Waals surface area contributed by atoms with Crippen molar-refractivity contribution in [1.29, 1.82) is 0 Å². The Morgan fingerprint density at radius 2 is 1.80 bits per heavy atom. The van der Waals surface area contributed by atoms with Crippen LogP contribution in [0.15, 0.2) is 36.4 Å². The summed E-state index contributed by atoms with van der Waals surface area (Å²) in [5, 5.41) is 3.71. The molecule has 0 spiro atoms. The zero-order valence-electron chi connectivity index (χ0n) is 14.3. The van der Waals surface area contributed by atoms with E-state index in [1.165, 1.54) is 0 Å². The van der Waals surface area contributed by atoms with Crippen LogP contribution in [0.4, 0.5) is 11.5 Å². The lowest BCUT2D eigenvalue weighted by atomic mass is 10.1. The van der Waals surface area contributed by atoms with Gasteiger partial charge in [-0.05, 0) is 62.2 Å². The van der Waals surface area contributed by atoms with E-state index in [0.717, 1.165) is 16.8 Å². The number of fused-ring (bicyclic) bond motifs is 1. The number of aryl methyl sites for hydroxylation is 2. The van der Waals surface area contributed by atoms with Crippen molar-refractivity contribution in [2.45, 2.75) is 20.8 Å². The number of halogens is 1. The molecule has 0 bridgehead atoms. The summed E-state index contributed by atoms with van der Waals surface area (Å²) in [7, 11) is 0. The maximum atomic E-state index is 12.3. The second-order valence-electron chi connectivity index (χ2n) is 5.70. The first kappa shape index (κ1) is 17.2. The molecule has 0 fully saturated rings. The Morgan fingerprint density at radius 3 is 2.44 bits per heavy atom. The molecule has 2 aromatic carbocycles. The Hall–Kier alpha value is -2.66. The molecule has 0 atom stereocenters. The predicted octanol–water partition coefficient (Wildman–Crippen LogP) is 4.82. The maximum absolute atomic E-state index is 12.3. The van der Waals surface area contributed by atoms with Crippen molar-refractivity contribution >= 4 is 40.1 Å². The van der Waals surface area contributed by atoms with Gasteiger partial charge in [-0.3, -0.25) is 0 Å². The minimum atomic E-state index is -0.514. The zero-order chi connectivity index (χ0) is 18.0. The van der Waals surface area contributed by atoms with Gasteiger partial charge in [-0.1, -0.05) is 17.7 Å². The van der Waals surface area contributed by atoms with Gasteiger partial charge in [-0.15, -0.1) is 0 Å². The quantitative estimate of drug-likeness (QED) is 0.680. The summed E-state index contributed by atoms with van der Waals surface area (Å²) in [6, 6.07) is 11.1. The second kappa shape index (κ2) is 7.07. The number of hydrogen-bond acceptors (Lipinski definition) is 5. The van der Waals surface area contributed by atoms with Gasteiger partial charge in [0.15, 0.2) is 11.5 Å².